The molecule has 0 bridgehead atoms. The van der Waals surface area contributed by atoms with E-state index in [-0.39, 0.29) is 10.8 Å². The summed E-state index contributed by atoms with van der Waals surface area (Å²) in [5.74, 6) is 3.32. The van der Waals surface area contributed by atoms with Crippen LogP contribution >= 0.6 is 0 Å². The first kappa shape index (κ1) is 19.2. The van der Waals surface area contributed by atoms with E-state index < -0.39 is 19.1 Å². The molecular formula is C18H29NOSSi. The average molecular weight is 336 g/mol. The van der Waals surface area contributed by atoms with Crippen molar-refractivity contribution in [2.24, 2.45) is 0 Å². The highest BCUT2D eigenvalue weighted by Crippen LogP contribution is 2.13. The van der Waals surface area contributed by atoms with Crippen LogP contribution in [0.3, 0.4) is 0 Å². The third-order valence-electron chi connectivity index (χ3n) is 2.97. The van der Waals surface area contributed by atoms with Gasteiger partial charge in [0.2, 0.25) is 0 Å². The van der Waals surface area contributed by atoms with Crippen molar-refractivity contribution in [3.63, 3.8) is 0 Å². The van der Waals surface area contributed by atoms with E-state index >= 15 is 0 Å². The van der Waals surface area contributed by atoms with Gasteiger partial charge in [-0.2, -0.15) is 0 Å². The van der Waals surface area contributed by atoms with Crippen LogP contribution in [0.4, 0.5) is 0 Å². The van der Waals surface area contributed by atoms with Crippen molar-refractivity contribution in [3.8, 4) is 11.5 Å². The second-order valence-electron chi connectivity index (χ2n) is 7.64. The summed E-state index contributed by atoms with van der Waals surface area (Å²) >= 11 is 0. The number of rotatable bonds is 5. The zero-order valence-electron chi connectivity index (χ0n) is 14.7. The van der Waals surface area contributed by atoms with Crippen LogP contribution in [0, 0.1) is 11.5 Å². The first-order valence-electron chi connectivity index (χ1n) is 7.80. The fraction of sp³-hybridized carbons (Fsp3) is 0.556. The summed E-state index contributed by atoms with van der Waals surface area (Å²) in [6.45, 7) is 12.7. The average Bonchev–Trinajstić information content (AvgIpc) is 2.37. The van der Waals surface area contributed by atoms with Gasteiger partial charge in [-0.15, -0.1) is 11.5 Å². The van der Waals surface area contributed by atoms with Crippen molar-refractivity contribution < 1.29 is 4.21 Å². The Morgan fingerprint density at radius 3 is 2.27 bits per heavy atom. The third-order valence-corrected chi connectivity index (χ3v) is 5.55. The van der Waals surface area contributed by atoms with E-state index in [1.54, 1.807) is 0 Å². The Kier molecular flexibility index (Phi) is 7.05. The minimum Gasteiger partial charge on any atom is -0.242 e. The lowest BCUT2D eigenvalue weighted by atomic mass is 10.0. The maximum Gasteiger partial charge on any atom is 0.129 e. The van der Waals surface area contributed by atoms with E-state index in [2.05, 4.69) is 48.0 Å². The summed E-state index contributed by atoms with van der Waals surface area (Å²) in [6, 6.07) is 10.4. The molecule has 1 aromatic carbocycles. The third kappa shape index (κ3) is 7.93. The van der Waals surface area contributed by atoms with Gasteiger partial charge in [0.05, 0.1) is 15.7 Å². The summed E-state index contributed by atoms with van der Waals surface area (Å²) in [4.78, 5) is 0. The Bertz CT molecular complexity index is 546. The molecule has 0 saturated heterocycles. The highest BCUT2D eigenvalue weighted by Gasteiger charge is 2.22. The van der Waals surface area contributed by atoms with Crippen molar-refractivity contribution in [3.05, 3.63) is 35.9 Å². The zero-order chi connectivity index (χ0) is 16.8. The van der Waals surface area contributed by atoms with E-state index in [0.29, 0.717) is 0 Å². The maximum atomic E-state index is 12.4. The van der Waals surface area contributed by atoms with Crippen LogP contribution in [0.5, 0.6) is 0 Å². The number of benzene rings is 1. The normalized spacial score (nSPS) is 14.8. The van der Waals surface area contributed by atoms with Crippen molar-refractivity contribution >= 4 is 19.1 Å². The predicted octanol–water partition coefficient (Wildman–Crippen LogP) is 3.92. The van der Waals surface area contributed by atoms with Gasteiger partial charge in [0.25, 0.3) is 0 Å². The fourth-order valence-electron chi connectivity index (χ4n) is 1.82. The monoisotopic (exact) mass is 335 g/mol. The summed E-state index contributed by atoms with van der Waals surface area (Å²) in [5, 5.41) is 0. The molecule has 1 rings (SSSR count). The molecule has 0 amide bonds. The van der Waals surface area contributed by atoms with Crippen molar-refractivity contribution in [2.45, 2.75) is 64.0 Å². The number of hydrogen-bond donors (Lipinski definition) is 1. The van der Waals surface area contributed by atoms with Gasteiger partial charge < -0.3 is 0 Å². The molecule has 2 atom stereocenters. The maximum absolute atomic E-state index is 12.4. The summed E-state index contributed by atoms with van der Waals surface area (Å²) in [7, 11) is -2.43. The fourth-order valence-corrected chi connectivity index (χ4v) is 3.28. The highest BCUT2D eigenvalue weighted by atomic mass is 32.2. The van der Waals surface area contributed by atoms with Gasteiger partial charge in [-0.3, -0.25) is 0 Å². The smallest absolute Gasteiger partial charge is 0.129 e. The number of hydrogen-bond acceptors (Lipinski definition) is 1. The second-order valence-corrected chi connectivity index (χ2v) is 14.4. The van der Waals surface area contributed by atoms with Crippen LogP contribution < -0.4 is 4.72 Å². The van der Waals surface area contributed by atoms with Gasteiger partial charge in [0.1, 0.15) is 8.07 Å². The van der Waals surface area contributed by atoms with Gasteiger partial charge >= 0.3 is 0 Å². The molecule has 0 heterocycles. The molecule has 0 aliphatic carbocycles. The van der Waals surface area contributed by atoms with E-state index in [1.807, 2.05) is 39.0 Å². The van der Waals surface area contributed by atoms with Crippen molar-refractivity contribution in [1.82, 2.24) is 4.72 Å². The molecule has 0 spiro atoms. The lowest BCUT2D eigenvalue weighted by Gasteiger charge is -2.23. The Labute approximate surface area is 139 Å². The van der Waals surface area contributed by atoms with Gasteiger partial charge in [0.15, 0.2) is 0 Å². The van der Waals surface area contributed by atoms with Gasteiger partial charge in [-0.25, -0.2) is 8.93 Å². The SMILES string of the molecule is CC(C)(C)[S@@](=O)N[C@@H](CC#C[Si](C)(C)C)Cc1ccccc1. The van der Waals surface area contributed by atoms with E-state index in [1.165, 1.54) is 5.56 Å². The molecule has 122 valence electrons. The lowest BCUT2D eigenvalue weighted by Crippen LogP contribution is -2.40. The van der Waals surface area contributed by atoms with E-state index in [9.17, 15) is 4.21 Å². The first-order chi connectivity index (χ1) is 10.1. The minimum absolute atomic E-state index is 0.117. The number of nitrogens with one attached hydrogen (secondary N) is 1. The largest absolute Gasteiger partial charge is 0.242 e. The molecule has 1 aromatic rings. The summed E-state index contributed by atoms with van der Waals surface area (Å²) in [5.41, 5.74) is 4.65. The van der Waals surface area contributed by atoms with Crippen LogP contribution in [0.15, 0.2) is 30.3 Å². The zero-order valence-corrected chi connectivity index (χ0v) is 16.5. The Hall–Kier alpha value is -0.893. The second kappa shape index (κ2) is 8.10. The minimum atomic E-state index is -1.36. The van der Waals surface area contributed by atoms with Gasteiger partial charge in [-0.1, -0.05) is 50.0 Å². The Morgan fingerprint density at radius 1 is 1.18 bits per heavy atom. The topological polar surface area (TPSA) is 29.1 Å². The molecule has 0 unspecified atom stereocenters. The predicted molar refractivity (Wildman–Crippen MR) is 101 cm³/mol. The van der Waals surface area contributed by atoms with Crippen LogP contribution in [-0.4, -0.2) is 23.1 Å². The van der Waals surface area contributed by atoms with Gasteiger partial charge in [0, 0.05) is 12.5 Å². The molecule has 0 aliphatic heterocycles. The molecule has 4 heteroatoms. The first-order valence-corrected chi connectivity index (χ1v) is 12.4. The standard InChI is InChI=1S/C18H29NOSSi/c1-18(2,3)21(20)19-17(13-10-14-22(4,5)6)15-16-11-8-7-9-12-16/h7-9,11-12,17,19H,13,15H2,1-6H3/t17-,21+/m0/s1. The molecule has 0 fully saturated rings. The highest BCUT2D eigenvalue weighted by molar-refractivity contribution is 7.84. The van der Waals surface area contributed by atoms with E-state index in [0.717, 1.165) is 12.8 Å². The molecule has 0 aromatic heterocycles. The molecule has 1 N–H and O–H groups in total. The molecule has 0 saturated carbocycles. The lowest BCUT2D eigenvalue weighted by molar-refractivity contribution is 0.587. The molecule has 0 aliphatic rings. The summed E-state index contributed by atoms with van der Waals surface area (Å²) in [6.07, 6.45) is 1.59. The Morgan fingerprint density at radius 2 is 1.77 bits per heavy atom. The molecule has 0 radical (unpaired) electrons. The molecular weight excluding hydrogens is 306 g/mol. The van der Waals surface area contributed by atoms with Crippen LogP contribution in [-0.2, 0) is 17.4 Å². The quantitative estimate of drug-likeness (QED) is 0.641. The van der Waals surface area contributed by atoms with Crippen molar-refractivity contribution in [2.75, 3.05) is 0 Å². The molecule has 22 heavy (non-hydrogen) atoms. The summed E-state index contributed by atoms with van der Waals surface area (Å²) < 4.78 is 15.4. The Balaban J connectivity index is 2.80. The van der Waals surface area contributed by atoms with Gasteiger partial charge in [-0.05, 0) is 32.8 Å². The van der Waals surface area contributed by atoms with Crippen LogP contribution in [0.2, 0.25) is 19.6 Å². The van der Waals surface area contributed by atoms with E-state index in [4.69, 9.17) is 0 Å². The molecule has 2 nitrogen and oxygen atoms in total. The van der Waals surface area contributed by atoms with Crippen LogP contribution in [0.25, 0.3) is 0 Å². The van der Waals surface area contributed by atoms with Crippen molar-refractivity contribution in [1.29, 1.82) is 0 Å². The van der Waals surface area contributed by atoms with Crippen LogP contribution in [0.1, 0.15) is 32.8 Å².